The van der Waals surface area contributed by atoms with Crippen LogP contribution in [-0.4, -0.2) is 0 Å². The highest BCUT2D eigenvalue weighted by Crippen LogP contribution is 2.40. The van der Waals surface area contributed by atoms with Crippen molar-refractivity contribution in [3.05, 3.63) is 56.0 Å². The van der Waals surface area contributed by atoms with Crippen LogP contribution in [0.3, 0.4) is 0 Å². The molecule has 0 spiro atoms. The number of halogens is 3. The molecule has 1 aromatic carbocycles. The van der Waals surface area contributed by atoms with Crippen molar-refractivity contribution in [2.75, 3.05) is 0 Å². The van der Waals surface area contributed by atoms with Gasteiger partial charge in [0.2, 0.25) is 0 Å². The van der Waals surface area contributed by atoms with Gasteiger partial charge in [0.15, 0.2) is 0 Å². The van der Waals surface area contributed by atoms with E-state index in [1.807, 2.05) is 18.4 Å². The van der Waals surface area contributed by atoms with Crippen molar-refractivity contribution in [2.45, 2.75) is 18.7 Å². The average Bonchev–Trinajstić information content (AvgIpc) is 2.63. The Morgan fingerprint density at radius 2 is 2.00 bits per heavy atom. The molecule has 1 atom stereocenters. The lowest BCUT2D eigenvalue weighted by molar-refractivity contribution is 0.618. The van der Waals surface area contributed by atoms with E-state index in [9.17, 15) is 4.39 Å². The lowest BCUT2D eigenvalue weighted by atomic mass is 10.1. The molecule has 2 rings (SSSR count). The van der Waals surface area contributed by atoms with Crippen LogP contribution in [-0.2, 0) is 0 Å². The number of thiophene rings is 1. The molecule has 1 unspecified atom stereocenters. The van der Waals surface area contributed by atoms with Crippen molar-refractivity contribution in [3.8, 4) is 0 Å². The smallest absolute Gasteiger partial charge is 0.126 e. The van der Waals surface area contributed by atoms with Gasteiger partial charge in [0.25, 0.3) is 0 Å². The standard InChI is InChI=1S/C13H11BrClFS/c1-7-5-9(3-4-10(7)16)11(14)13-12(15)8(2)6-17-13/h3-6,11H,1-2H3. The van der Waals surface area contributed by atoms with Gasteiger partial charge >= 0.3 is 0 Å². The van der Waals surface area contributed by atoms with E-state index in [0.29, 0.717) is 5.56 Å². The number of benzene rings is 1. The van der Waals surface area contributed by atoms with E-state index in [1.54, 1.807) is 24.3 Å². The van der Waals surface area contributed by atoms with Crippen LogP contribution in [0.15, 0.2) is 23.6 Å². The highest BCUT2D eigenvalue weighted by Gasteiger charge is 2.17. The summed E-state index contributed by atoms with van der Waals surface area (Å²) < 4.78 is 13.2. The molecule has 0 fully saturated rings. The third-order valence-electron chi connectivity index (χ3n) is 2.63. The predicted molar refractivity (Wildman–Crippen MR) is 76.0 cm³/mol. The quantitative estimate of drug-likeness (QED) is 0.624. The molecule has 0 saturated heterocycles. The second-order valence-corrected chi connectivity index (χ2v) is 6.17. The maximum Gasteiger partial charge on any atom is 0.126 e. The molecule has 0 bridgehead atoms. The molecule has 0 aliphatic rings. The Hall–Kier alpha value is -0.380. The maximum atomic E-state index is 13.2. The van der Waals surface area contributed by atoms with Crippen molar-refractivity contribution >= 4 is 38.9 Å². The predicted octanol–water partition coefficient (Wildman–Crippen LogP) is 5.64. The van der Waals surface area contributed by atoms with Gasteiger partial charge in [-0.3, -0.25) is 0 Å². The summed E-state index contributed by atoms with van der Waals surface area (Å²) in [4.78, 5) is 1.09. The molecule has 1 aromatic heterocycles. The minimum atomic E-state index is -0.179. The first-order valence-electron chi connectivity index (χ1n) is 5.14. The summed E-state index contributed by atoms with van der Waals surface area (Å²) >= 11 is 11.5. The van der Waals surface area contributed by atoms with Crippen molar-refractivity contribution in [1.82, 2.24) is 0 Å². The SMILES string of the molecule is Cc1cc(C(Br)c2scc(C)c2Cl)ccc1F. The lowest BCUT2D eigenvalue weighted by Crippen LogP contribution is -1.93. The zero-order valence-corrected chi connectivity index (χ0v) is 12.6. The molecule has 0 amide bonds. The number of hydrogen-bond acceptors (Lipinski definition) is 1. The molecule has 2 aromatic rings. The molecular weight excluding hydrogens is 323 g/mol. The first kappa shape index (κ1) is 13.1. The molecule has 0 aliphatic carbocycles. The van der Waals surface area contributed by atoms with Crippen LogP contribution in [0.2, 0.25) is 5.02 Å². The van der Waals surface area contributed by atoms with Crippen LogP contribution in [0.1, 0.15) is 26.4 Å². The van der Waals surface area contributed by atoms with E-state index in [0.717, 1.165) is 21.0 Å². The van der Waals surface area contributed by atoms with Gasteiger partial charge in [-0.15, -0.1) is 11.3 Å². The highest BCUT2D eigenvalue weighted by atomic mass is 79.9. The fourth-order valence-corrected chi connectivity index (χ4v) is 3.87. The van der Waals surface area contributed by atoms with Gasteiger partial charge < -0.3 is 0 Å². The topological polar surface area (TPSA) is 0 Å². The van der Waals surface area contributed by atoms with Crippen LogP contribution in [0.5, 0.6) is 0 Å². The second-order valence-electron chi connectivity index (χ2n) is 3.97. The molecule has 90 valence electrons. The van der Waals surface area contributed by atoms with Crippen LogP contribution >= 0.6 is 38.9 Å². The summed E-state index contributed by atoms with van der Waals surface area (Å²) in [6.07, 6.45) is 0. The van der Waals surface area contributed by atoms with E-state index >= 15 is 0 Å². The van der Waals surface area contributed by atoms with Crippen molar-refractivity contribution < 1.29 is 4.39 Å². The molecule has 17 heavy (non-hydrogen) atoms. The molecule has 4 heteroatoms. The van der Waals surface area contributed by atoms with E-state index in [-0.39, 0.29) is 10.6 Å². The molecule has 0 radical (unpaired) electrons. The van der Waals surface area contributed by atoms with Gasteiger partial charge in [0.1, 0.15) is 5.82 Å². The molecule has 1 heterocycles. The van der Waals surface area contributed by atoms with Gasteiger partial charge in [-0.1, -0.05) is 39.7 Å². The largest absolute Gasteiger partial charge is 0.207 e. The van der Waals surface area contributed by atoms with Crippen LogP contribution in [0, 0.1) is 19.7 Å². The van der Waals surface area contributed by atoms with Crippen LogP contribution in [0.25, 0.3) is 0 Å². The Morgan fingerprint density at radius 3 is 2.53 bits per heavy atom. The van der Waals surface area contributed by atoms with Crippen molar-refractivity contribution in [2.24, 2.45) is 0 Å². The summed E-state index contributed by atoms with van der Waals surface area (Å²) in [5.74, 6) is -0.179. The number of rotatable bonds is 2. The van der Waals surface area contributed by atoms with Gasteiger partial charge in [0.05, 0.1) is 9.85 Å². The average molecular weight is 334 g/mol. The zero-order chi connectivity index (χ0) is 12.6. The van der Waals surface area contributed by atoms with Gasteiger partial charge in [-0.05, 0) is 42.0 Å². The fraction of sp³-hybridized carbons (Fsp3) is 0.231. The molecule has 0 aliphatic heterocycles. The first-order chi connectivity index (χ1) is 8.00. The lowest BCUT2D eigenvalue weighted by Gasteiger charge is -2.10. The van der Waals surface area contributed by atoms with E-state index in [2.05, 4.69) is 15.9 Å². The Morgan fingerprint density at radius 1 is 1.29 bits per heavy atom. The first-order valence-corrected chi connectivity index (χ1v) is 7.31. The summed E-state index contributed by atoms with van der Waals surface area (Å²) in [6.45, 7) is 3.75. The van der Waals surface area contributed by atoms with E-state index < -0.39 is 0 Å². The number of hydrogen-bond donors (Lipinski definition) is 0. The highest BCUT2D eigenvalue weighted by molar-refractivity contribution is 9.09. The van der Waals surface area contributed by atoms with Crippen molar-refractivity contribution in [3.63, 3.8) is 0 Å². The summed E-state index contributed by atoms with van der Waals surface area (Å²) in [5.41, 5.74) is 2.75. The molecule has 0 nitrogen and oxygen atoms in total. The Balaban J connectivity index is 2.40. The molecular formula is C13H11BrClFS. The third kappa shape index (κ3) is 2.56. The van der Waals surface area contributed by atoms with E-state index in [4.69, 9.17) is 11.6 Å². The summed E-state index contributed by atoms with van der Waals surface area (Å²) in [7, 11) is 0. The number of alkyl halides is 1. The van der Waals surface area contributed by atoms with Crippen molar-refractivity contribution in [1.29, 1.82) is 0 Å². The monoisotopic (exact) mass is 332 g/mol. The van der Waals surface area contributed by atoms with E-state index in [1.165, 1.54) is 6.07 Å². The van der Waals surface area contributed by atoms with Gasteiger partial charge in [-0.25, -0.2) is 4.39 Å². The fourth-order valence-electron chi connectivity index (χ4n) is 1.60. The minimum Gasteiger partial charge on any atom is -0.207 e. The molecule has 0 saturated carbocycles. The normalized spacial score (nSPS) is 12.8. The zero-order valence-electron chi connectivity index (χ0n) is 9.43. The Labute approximate surface area is 118 Å². The number of aryl methyl sites for hydroxylation is 2. The van der Waals surface area contributed by atoms with Gasteiger partial charge in [-0.2, -0.15) is 0 Å². The maximum absolute atomic E-state index is 13.2. The Bertz CT molecular complexity index is 550. The second kappa shape index (κ2) is 5.09. The van der Waals surface area contributed by atoms with Crippen LogP contribution < -0.4 is 0 Å². The summed E-state index contributed by atoms with van der Waals surface area (Å²) in [6, 6.07) is 5.13. The summed E-state index contributed by atoms with van der Waals surface area (Å²) in [5, 5.41) is 2.82. The molecule has 0 N–H and O–H groups in total. The minimum absolute atomic E-state index is 0.0213. The third-order valence-corrected chi connectivity index (χ3v) is 5.70. The van der Waals surface area contributed by atoms with Crippen LogP contribution in [0.4, 0.5) is 4.39 Å². The Kier molecular flexibility index (Phi) is 3.91. The van der Waals surface area contributed by atoms with Gasteiger partial charge in [0, 0.05) is 4.88 Å².